The van der Waals surface area contributed by atoms with Crippen LogP contribution in [0.3, 0.4) is 0 Å². The van der Waals surface area contributed by atoms with Gasteiger partial charge < -0.3 is 24.3 Å². The summed E-state index contributed by atoms with van der Waals surface area (Å²) < 4.78 is 20.6. The fourth-order valence-electron chi connectivity index (χ4n) is 2.32. The van der Waals surface area contributed by atoms with Crippen LogP contribution in [-0.4, -0.2) is 39.8 Å². The molecule has 1 amide bonds. The van der Waals surface area contributed by atoms with E-state index in [9.17, 15) is 9.59 Å². The molecule has 7 nitrogen and oxygen atoms in total. The lowest BCUT2D eigenvalue weighted by atomic mass is 10.1. The SMILES string of the molecule is COc1cc(OC)c(C(=O)OCC(=O)Nc2cccc(C)c2)cc1OC. The molecule has 7 heteroatoms. The van der Waals surface area contributed by atoms with Crippen molar-refractivity contribution in [3.05, 3.63) is 47.5 Å². The Hall–Kier alpha value is -3.22. The number of ether oxygens (including phenoxy) is 4. The maximum Gasteiger partial charge on any atom is 0.342 e. The number of esters is 1. The summed E-state index contributed by atoms with van der Waals surface area (Å²) in [6.07, 6.45) is 0. The van der Waals surface area contributed by atoms with Gasteiger partial charge in [0.15, 0.2) is 18.1 Å². The van der Waals surface area contributed by atoms with Crippen molar-refractivity contribution in [3.8, 4) is 17.2 Å². The lowest BCUT2D eigenvalue weighted by Crippen LogP contribution is -2.21. The first-order valence-corrected chi connectivity index (χ1v) is 7.82. The second-order valence-electron chi connectivity index (χ2n) is 5.40. The summed E-state index contributed by atoms with van der Waals surface area (Å²) in [4.78, 5) is 24.3. The summed E-state index contributed by atoms with van der Waals surface area (Å²) in [5.74, 6) is -0.125. The Morgan fingerprint density at radius 2 is 1.58 bits per heavy atom. The Bertz CT molecular complexity index is 803. The first-order chi connectivity index (χ1) is 12.5. The highest BCUT2D eigenvalue weighted by Gasteiger charge is 2.20. The minimum Gasteiger partial charge on any atom is -0.496 e. The van der Waals surface area contributed by atoms with Crippen molar-refractivity contribution in [1.29, 1.82) is 0 Å². The van der Waals surface area contributed by atoms with E-state index in [1.165, 1.54) is 33.5 Å². The zero-order chi connectivity index (χ0) is 19.1. The molecule has 2 rings (SSSR count). The van der Waals surface area contributed by atoms with E-state index in [1.54, 1.807) is 6.07 Å². The predicted octanol–water partition coefficient (Wildman–Crippen LogP) is 2.82. The zero-order valence-corrected chi connectivity index (χ0v) is 15.1. The molecule has 2 aromatic carbocycles. The maximum atomic E-state index is 12.3. The molecule has 1 N–H and O–H groups in total. The second kappa shape index (κ2) is 8.75. The predicted molar refractivity (Wildman–Crippen MR) is 96.2 cm³/mol. The quantitative estimate of drug-likeness (QED) is 0.766. The number of benzene rings is 2. The van der Waals surface area contributed by atoms with Crippen LogP contribution in [0.2, 0.25) is 0 Å². The molecular weight excluding hydrogens is 338 g/mol. The van der Waals surface area contributed by atoms with Gasteiger partial charge in [-0.2, -0.15) is 0 Å². The molecule has 0 saturated heterocycles. The van der Waals surface area contributed by atoms with E-state index in [4.69, 9.17) is 18.9 Å². The van der Waals surface area contributed by atoms with Crippen LogP contribution >= 0.6 is 0 Å². The number of anilines is 1. The van der Waals surface area contributed by atoms with Crippen molar-refractivity contribution in [2.75, 3.05) is 33.3 Å². The third kappa shape index (κ3) is 4.66. The van der Waals surface area contributed by atoms with Crippen LogP contribution < -0.4 is 19.5 Å². The molecule has 0 fully saturated rings. The number of aryl methyl sites for hydroxylation is 1. The van der Waals surface area contributed by atoms with Crippen LogP contribution in [0.1, 0.15) is 15.9 Å². The Balaban J connectivity index is 2.06. The number of nitrogens with one attached hydrogen (secondary N) is 1. The lowest BCUT2D eigenvalue weighted by Gasteiger charge is -2.13. The molecule has 0 bridgehead atoms. The van der Waals surface area contributed by atoms with Crippen molar-refractivity contribution in [1.82, 2.24) is 0 Å². The highest BCUT2D eigenvalue weighted by atomic mass is 16.5. The molecular formula is C19H21NO6. The molecule has 0 unspecified atom stereocenters. The number of methoxy groups -OCH3 is 3. The van der Waals surface area contributed by atoms with E-state index in [2.05, 4.69) is 5.32 Å². The molecule has 138 valence electrons. The van der Waals surface area contributed by atoms with Crippen LogP contribution in [0.5, 0.6) is 17.2 Å². The van der Waals surface area contributed by atoms with Gasteiger partial charge in [0.1, 0.15) is 11.3 Å². The van der Waals surface area contributed by atoms with Gasteiger partial charge in [0.05, 0.1) is 21.3 Å². The first-order valence-electron chi connectivity index (χ1n) is 7.82. The Kier molecular flexibility index (Phi) is 6.43. The van der Waals surface area contributed by atoms with Crippen LogP contribution in [-0.2, 0) is 9.53 Å². The Labute approximate surface area is 151 Å². The summed E-state index contributed by atoms with van der Waals surface area (Å²) >= 11 is 0. The van der Waals surface area contributed by atoms with Crippen molar-refractivity contribution in [2.45, 2.75) is 6.92 Å². The van der Waals surface area contributed by atoms with Gasteiger partial charge in [-0.25, -0.2) is 4.79 Å². The molecule has 0 aliphatic heterocycles. The van der Waals surface area contributed by atoms with E-state index in [-0.39, 0.29) is 11.3 Å². The first kappa shape index (κ1) is 19.1. The average Bonchev–Trinajstić information content (AvgIpc) is 2.64. The number of amides is 1. The smallest absolute Gasteiger partial charge is 0.342 e. The van der Waals surface area contributed by atoms with E-state index >= 15 is 0 Å². The summed E-state index contributed by atoms with van der Waals surface area (Å²) in [7, 11) is 4.35. The summed E-state index contributed by atoms with van der Waals surface area (Å²) in [5.41, 5.74) is 1.78. The molecule has 26 heavy (non-hydrogen) atoms. The van der Waals surface area contributed by atoms with Crippen molar-refractivity contribution in [2.24, 2.45) is 0 Å². The van der Waals surface area contributed by atoms with Gasteiger partial charge in [-0.1, -0.05) is 12.1 Å². The zero-order valence-electron chi connectivity index (χ0n) is 15.1. The average molecular weight is 359 g/mol. The van der Waals surface area contributed by atoms with Crippen LogP contribution in [0.25, 0.3) is 0 Å². The molecule has 0 saturated carbocycles. The van der Waals surface area contributed by atoms with E-state index < -0.39 is 18.5 Å². The fourth-order valence-corrected chi connectivity index (χ4v) is 2.32. The van der Waals surface area contributed by atoms with Crippen LogP contribution in [0.15, 0.2) is 36.4 Å². The number of carbonyl (C=O) groups is 2. The summed E-state index contributed by atoms with van der Waals surface area (Å²) in [5, 5.41) is 2.67. The molecule has 0 atom stereocenters. The van der Waals surface area contributed by atoms with Crippen LogP contribution in [0.4, 0.5) is 5.69 Å². The molecule has 0 aliphatic rings. The number of carbonyl (C=O) groups excluding carboxylic acids is 2. The molecule has 0 aliphatic carbocycles. The Morgan fingerprint density at radius 1 is 0.923 bits per heavy atom. The Morgan fingerprint density at radius 3 is 2.19 bits per heavy atom. The van der Waals surface area contributed by atoms with Gasteiger partial charge in [-0.05, 0) is 24.6 Å². The monoisotopic (exact) mass is 359 g/mol. The van der Waals surface area contributed by atoms with Gasteiger partial charge >= 0.3 is 5.97 Å². The summed E-state index contributed by atoms with van der Waals surface area (Å²) in [6.45, 7) is 1.49. The normalized spacial score (nSPS) is 10.0. The number of hydrogen-bond acceptors (Lipinski definition) is 6. The van der Waals surface area contributed by atoms with Gasteiger partial charge in [0, 0.05) is 17.8 Å². The van der Waals surface area contributed by atoms with E-state index in [0.717, 1.165) is 5.56 Å². The lowest BCUT2D eigenvalue weighted by molar-refractivity contribution is -0.119. The molecule has 2 aromatic rings. The maximum absolute atomic E-state index is 12.3. The van der Waals surface area contributed by atoms with Gasteiger partial charge in [-0.3, -0.25) is 4.79 Å². The third-order valence-corrected chi connectivity index (χ3v) is 3.56. The summed E-state index contributed by atoms with van der Waals surface area (Å²) in [6, 6.07) is 10.3. The third-order valence-electron chi connectivity index (χ3n) is 3.56. The molecule has 0 spiro atoms. The fraction of sp³-hybridized carbons (Fsp3) is 0.263. The number of hydrogen-bond donors (Lipinski definition) is 1. The topological polar surface area (TPSA) is 83.1 Å². The van der Waals surface area contributed by atoms with E-state index in [1.807, 2.05) is 25.1 Å². The highest BCUT2D eigenvalue weighted by molar-refractivity contribution is 5.97. The largest absolute Gasteiger partial charge is 0.496 e. The van der Waals surface area contributed by atoms with Crippen molar-refractivity contribution in [3.63, 3.8) is 0 Å². The standard InChI is InChI=1S/C19H21NO6/c1-12-6-5-7-13(8-12)20-18(21)11-26-19(22)14-9-16(24-3)17(25-4)10-15(14)23-2/h5-10H,11H2,1-4H3,(H,20,21). The van der Waals surface area contributed by atoms with Gasteiger partial charge in [0.25, 0.3) is 5.91 Å². The van der Waals surface area contributed by atoms with Crippen molar-refractivity contribution < 1.29 is 28.5 Å². The van der Waals surface area contributed by atoms with Gasteiger partial charge in [-0.15, -0.1) is 0 Å². The van der Waals surface area contributed by atoms with Crippen LogP contribution in [0, 0.1) is 6.92 Å². The number of rotatable bonds is 7. The molecule has 0 aromatic heterocycles. The minimum atomic E-state index is -0.706. The minimum absolute atomic E-state index is 0.133. The molecule has 0 heterocycles. The van der Waals surface area contributed by atoms with Gasteiger partial charge in [0.2, 0.25) is 0 Å². The second-order valence-corrected chi connectivity index (χ2v) is 5.40. The van der Waals surface area contributed by atoms with Crippen molar-refractivity contribution >= 4 is 17.6 Å². The molecule has 0 radical (unpaired) electrons. The highest BCUT2D eigenvalue weighted by Crippen LogP contribution is 2.34. The van der Waals surface area contributed by atoms with E-state index in [0.29, 0.717) is 17.2 Å².